The van der Waals surface area contributed by atoms with Gasteiger partial charge in [0.1, 0.15) is 11.2 Å². The fourth-order valence-electron chi connectivity index (χ4n) is 9.41. The molecule has 13 rings (SSSR count). The van der Waals surface area contributed by atoms with Gasteiger partial charge in [-0.05, 0) is 81.9 Å². The van der Waals surface area contributed by atoms with E-state index in [-0.39, 0.29) is 0 Å². The van der Waals surface area contributed by atoms with Crippen molar-refractivity contribution in [1.82, 2.24) is 19.1 Å². The second-order valence-electron chi connectivity index (χ2n) is 15.0. The Morgan fingerprint density at radius 1 is 0.351 bits per heavy atom. The molecule has 0 aliphatic heterocycles. The maximum atomic E-state index is 6.32. The molecule has 0 aliphatic rings. The average Bonchev–Trinajstić information content (AvgIpc) is 3.93. The summed E-state index contributed by atoms with van der Waals surface area (Å²) in [6.07, 6.45) is 2.00. The predicted octanol–water partition coefficient (Wildman–Crippen LogP) is 13.7. The standard InChI is InChI=1S/C52H30N4O/c1-2-13-36-34(11-1)35-12-3-4-17-41(35)51-44(36)30-53-52(54-51)56-46-19-9-6-15-38(46)43-28-32(22-26-48(43)56)31-21-25-47-42(27-31)37-14-5-8-18-45(37)55(47)33-23-24-40-39-16-7-10-20-49(39)57-50(40)29-33/h1-30H. The van der Waals surface area contributed by atoms with E-state index in [4.69, 9.17) is 14.4 Å². The molecule has 5 nitrogen and oxygen atoms in total. The highest BCUT2D eigenvalue weighted by Gasteiger charge is 2.19. The third-order valence-corrected chi connectivity index (χ3v) is 12.0. The van der Waals surface area contributed by atoms with Crippen molar-refractivity contribution < 1.29 is 4.42 Å². The molecular formula is C52H30N4O. The van der Waals surface area contributed by atoms with Crippen LogP contribution >= 0.6 is 0 Å². The molecule has 13 aromatic rings. The van der Waals surface area contributed by atoms with Gasteiger partial charge < -0.3 is 8.98 Å². The number of benzene rings is 9. The summed E-state index contributed by atoms with van der Waals surface area (Å²) >= 11 is 0. The summed E-state index contributed by atoms with van der Waals surface area (Å²) in [4.78, 5) is 10.4. The first-order valence-electron chi connectivity index (χ1n) is 19.3. The lowest BCUT2D eigenvalue weighted by atomic mass is 9.98. The highest BCUT2D eigenvalue weighted by molar-refractivity contribution is 6.24. The number of hydrogen-bond donors (Lipinski definition) is 0. The van der Waals surface area contributed by atoms with Crippen LogP contribution in [0.4, 0.5) is 0 Å². The lowest BCUT2D eigenvalue weighted by Crippen LogP contribution is -2.01. The molecule has 0 radical (unpaired) electrons. The van der Waals surface area contributed by atoms with Gasteiger partial charge in [-0.1, -0.05) is 115 Å². The lowest BCUT2D eigenvalue weighted by Gasteiger charge is -2.12. The van der Waals surface area contributed by atoms with Crippen LogP contribution in [0.3, 0.4) is 0 Å². The maximum absolute atomic E-state index is 6.32. The van der Waals surface area contributed by atoms with Crippen molar-refractivity contribution in [1.29, 1.82) is 0 Å². The first-order valence-corrected chi connectivity index (χ1v) is 19.3. The number of para-hydroxylation sites is 3. The van der Waals surface area contributed by atoms with Crippen molar-refractivity contribution in [3.63, 3.8) is 0 Å². The maximum Gasteiger partial charge on any atom is 0.235 e. The fraction of sp³-hybridized carbons (Fsp3) is 0. The molecule has 0 amide bonds. The number of furan rings is 1. The van der Waals surface area contributed by atoms with Gasteiger partial charge in [0.05, 0.1) is 27.6 Å². The molecule has 0 fully saturated rings. The highest BCUT2D eigenvalue weighted by Crippen LogP contribution is 2.40. The molecule has 0 atom stereocenters. The third-order valence-electron chi connectivity index (χ3n) is 12.0. The molecule has 0 N–H and O–H groups in total. The van der Waals surface area contributed by atoms with Gasteiger partial charge in [-0.15, -0.1) is 0 Å². The first-order chi connectivity index (χ1) is 28.3. The van der Waals surface area contributed by atoms with Gasteiger partial charge in [0, 0.05) is 61.0 Å². The van der Waals surface area contributed by atoms with E-state index < -0.39 is 0 Å². The minimum absolute atomic E-state index is 0.664. The molecule has 264 valence electrons. The zero-order valence-electron chi connectivity index (χ0n) is 30.5. The van der Waals surface area contributed by atoms with Gasteiger partial charge in [-0.2, -0.15) is 0 Å². The minimum Gasteiger partial charge on any atom is -0.456 e. The summed E-state index contributed by atoms with van der Waals surface area (Å²) in [7, 11) is 0. The molecule has 0 saturated heterocycles. The monoisotopic (exact) mass is 726 g/mol. The summed E-state index contributed by atoms with van der Waals surface area (Å²) in [5, 5.41) is 12.8. The molecular weight excluding hydrogens is 697 g/mol. The molecule has 4 aromatic heterocycles. The Morgan fingerprint density at radius 3 is 1.56 bits per heavy atom. The van der Waals surface area contributed by atoms with Crippen molar-refractivity contribution in [2.45, 2.75) is 0 Å². The zero-order chi connectivity index (χ0) is 37.2. The van der Waals surface area contributed by atoms with Gasteiger partial charge in [-0.3, -0.25) is 4.57 Å². The molecule has 0 aliphatic carbocycles. The smallest absolute Gasteiger partial charge is 0.235 e. The van der Waals surface area contributed by atoms with Crippen molar-refractivity contribution in [3.05, 3.63) is 182 Å². The quantitative estimate of drug-likeness (QED) is 0.170. The van der Waals surface area contributed by atoms with Crippen LogP contribution in [0.25, 0.3) is 121 Å². The second-order valence-corrected chi connectivity index (χ2v) is 15.0. The van der Waals surface area contributed by atoms with E-state index in [0.717, 1.165) is 87.9 Å². The van der Waals surface area contributed by atoms with Crippen molar-refractivity contribution in [2.24, 2.45) is 0 Å². The van der Waals surface area contributed by atoms with E-state index in [2.05, 4.69) is 173 Å². The van der Waals surface area contributed by atoms with E-state index in [1.807, 2.05) is 18.3 Å². The molecule has 57 heavy (non-hydrogen) atoms. The molecule has 0 bridgehead atoms. The third kappa shape index (κ3) is 4.28. The number of hydrogen-bond acceptors (Lipinski definition) is 3. The average molecular weight is 727 g/mol. The Hall–Kier alpha value is -7.76. The largest absolute Gasteiger partial charge is 0.456 e. The van der Waals surface area contributed by atoms with Gasteiger partial charge in [0.15, 0.2) is 0 Å². The molecule has 4 heterocycles. The van der Waals surface area contributed by atoms with Crippen LogP contribution in [0.5, 0.6) is 0 Å². The van der Waals surface area contributed by atoms with Crippen LogP contribution in [0.1, 0.15) is 0 Å². The Kier molecular flexibility index (Phi) is 6.10. The first kappa shape index (κ1) is 30.6. The molecule has 5 heteroatoms. The molecule has 9 aromatic carbocycles. The van der Waals surface area contributed by atoms with Crippen LogP contribution in [0, 0.1) is 0 Å². The fourth-order valence-corrected chi connectivity index (χ4v) is 9.41. The minimum atomic E-state index is 0.664. The van der Waals surface area contributed by atoms with Crippen LogP contribution in [-0.4, -0.2) is 19.1 Å². The van der Waals surface area contributed by atoms with Gasteiger partial charge in [-0.25, -0.2) is 9.97 Å². The zero-order valence-corrected chi connectivity index (χ0v) is 30.5. The summed E-state index contributed by atoms with van der Waals surface area (Å²) in [6.45, 7) is 0. The Morgan fingerprint density at radius 2 is 0.860 bits per heavy atom. The van der Waals surface area contributed by atoms with E-state index >= 15 is 0 Å². The SMILES string of the molecule is c1ccc2c(c1)oc1cc(-n3c4ccccc4c4cc(-c5ccc6c(c5)c5ccccc5n6-c5ncc6c7ccccc7c7ccccc7c6n5)ccc43)ccc12. The van der Waals surface area contributed by atoms with Crippen LogP contribution in [0.2, 0.25) is 0 Å². The van der Waals surface area contributed by atoms with Crippen LogP contribution < -0.4 is 0 Å². The van der Waals surface area contributed by atoms with Gasteiger partial charge in [0.2, 0.25) is 5.95 Å². The van der Waals surface area contributed by atoms with E-state index in [1.165, 1.54) is 26.9 Å². The number of rotatable bonds is 3. The number of aromatic nitrogens is 4. The van der Waals surface area contributed by atoms with Crippen molar-refractivity contribution in [2.75, 3.05) is 0 Å². The summed E-state index contributed by atoms with van der Waals surface area (Å²) in [5.41, 5.74) is 10.6. The van der Waals surface area contributed by atoms with E-state index in [0.29, 0.717) is 5.95 Å². The van der Waals surface area contributed by atoms with Crippen molar-refractivity contribution >= 4 is 98.0 Å². The highest BCUT2D eigenvalue weighted by atomic mass is 16.3. The molecule has 0 unspecified atom stereocenters. The lowest BCUT2D eigenvalue weighted by molar-refractivity contribution is 0.668. The van der Waals surface area contributed by atoms with Gasteiger partial charge in [0.25, 0.3) is 0 Å². The van der Waals surface area contributed by atoms with Crippen LogP contribution in [0.15, 0.2) is 187 Å². The van der Waals surface area contributed by atoms with Crippen molar-refractivity contribution in [3.8, 4) is 22.8 Å². The topological polar surface area (TPSA) is 48.8 Å². The van der Waals surface area contributed by atoms with Crippen LogP contribution in [-0.2, 0) is 0 Å². The van der Waals surface area contributed by atoms with E-state index in [1.54, 1.807) is 0 Å². The summed E-state index contributed by atoms with van der Waals surface area (Å²) < 4.78 is 10.9. The second kappa shape index (κ2) is 11.4. The Bertz CT molecular complexity index is 3790. The molecule has 0 saturated carbocycles. The van der Waals surface area contributed by atoms with E-state index in [9.17, 15) is 0 Å². The number of nitrogens with zero attached hydrogens (tertiary/aromatic N) is 4. The Balaban J connectivity index is 0.983. The number of fused-ring (bicyclic) bond motifs is 15. The van der Waals surface area contributed by atoms with Gasteiger partial charge >= 0.3 is 0 Å². The normalized spacial score (nSPS) is 12.2. The summed E-state index contributed by atoms with van der Waals surface area (Å²) in [5.74, 6) is 0.664. The predicted molar refractivity (Wildman–Crippen MR) is 236 cm³/mol. The molecule has 0 spiro atoms. The Labute approximate surface area is 325 Å². The summed E-state index contributed by atoms with van der Waals surface area (Å²) in [6, 6.07) is 62.8.